The van der Waals surface area contributed by atoms with Crippen LogP contribution in [0.25, 0.3) is 0 Å². The highest BCUT2D eigenvalue weighted by molar-refractivity contribution is 5.16. The Balaban J connectivity index is 1.63. The molecule has 0 saturated heterocycles. The molecule has 1 aromatic heterocycles. The van der Waals surface area contributed by atoms with E-state index < -0.39 is 0 Å². The number of rotatable bonds is 9. The summed E-state index contributed by atoms with van der Waals surface area (Å²) in [6.45, 7) is 2.45. The number of nitrogens with zero attached hydrogens (tertiary/aromatic N) is 1. The van der Waals surface area contributed by atoms with E-state index in [1.54, 1.807) is 0 Å². The molecule has 2 nitrogen and oxygen atoms in total. The van der Waals surface area contributed by atoms with Crippen molar-refractivity contribution in [1.29, 1.82) is 0 Å². The van der Waals surface area contributed by atoms with Gasteiger partial charge in [-0.3, -0.25) is 0 Å². The van der Waals surface area contributed by atoms with Gasteiger partial charge in [0.05, 0.1) is 0 Å². The molecule has 0 fully saturated rings. The summed E-state index contributed by atoms with van der Waals surface area (Å²) in [5, 5.41) is 0. The van der Waals surface area contributed by atoms with Crippen molar-refractivity contribution in [1.82, 2.24) is 9.97 Å². The molecule has 0 aliphatic heterocycles. The van der Waals surface area contributed by atoms with Crippen molar-refractivity contribution in [2.24, 2.45) is 5.41 Å². The first-order valence-corrected chi connectivity index (χ1v) is 9.30. The van der Waals surface area contributed by atoms with Gasteiger partial charge in [0.2, 0.25) is 0 Å². The van der Waals surface area contributed by atoms with Gasteiger partial charge < -0.3 is 4.98 Å². The van der Waals surface area contributed by atoms with E-state index in [4.69, 9.17) is 0 Å². The quantitative estimate of drug-likeness (QED) is 0.542. The maximum atomic E-state index is 4.40. The molecule has 0 radical (unpaired) electrons. The van der Waals surface area contributed by atoms with Crippen LogP contribution in [0.2, 0.25) is 0 Å². The molecule has 0 bridgehead atoms. The lowest BCUT2D eigenvalue weighted by Gasteiger charge is -2.30. The minimum absolute atomic E-state index is 0.318. The molecule has 3 aromatic rings. The number of aromatic amines is 1. The topological polar surface area (TPSA) is 28.7 Å². The molecule has 0 unspecified atom stereocenters. The van der Waals surface area contributed by atoms with Gasteiger partial charge in [0, 0.05) is 18.8 Å². The average molecular weight is 332 g/mol. The van der Waals surface area contributed by atoms with Crippen LogP contribution in [-0.4, -0.2) is 9.97 Å². The van der Waals surface area contributed by atoms with Crippen LogP contribution in [0, 0.1) is 5.41 Å². The smallest absolute Gasteiger partial charge is 0.106 e. The zero-order valence-corrected chi connectivity index (χ0v) is 15.1. The van der Waals surface area contributed by atoms with Crippen LogP contribution in [0.15, 0.2) is 73.1 Å². The van der Waals surface area contributed by atoms with Crippen LogP contribution in [0.3, 0.4) is 0 Å². The van der Waals surface area contributed by atoms with E-state index in [-0.39, 0.29) is 0 Å². The Labute approximate surface area is 151 Å². The number of hydrogen-bond donors (Lipinski definition) is 1. The number of benzene rings is 2. The van der Waals surface area contributed by atoms with Crippen LogP contribution in [-0.2, 0) is 19.3 Å². The zero-order chi connectivity index (χ0) is 17.4. The molecule has 0 aliphatic carbocycles. The number of nitrogens with one attached hydrogen (secondary N) is 1. The normalized spacial score (nSPS) is 11.6. The molecule has 2 heteroatoms. The van der Waals surface area contributed by atoms with E-state index >= 15 is 0 Å². The fraction of sp³-hybridized carbons (Fsp3) is 0.348. The summed E-state index contributed by atoms with van der Waals surface area (Å²) in [6, 6.07) is 21.7. The van der Waals surface area contributed by atoms with E-state index in [0.717, 1.165) is 25.1 Å². The Morgan fingerprint density at radius 1 is 0.760 bits per heavy atom. The highest BCUT2D eigenvalue weighted by Gasteiger charge is 2.24. The molecule has 0 saturated carbocycles. The van der Waals surface area contributed by atoms with E-state index in [2.05, 4.69) is 77.6 Å². The monoisotopic (exact) mass is 332 g/mol. The lowest BCUT2D eigenvalue weighted by atomic mass is 9.75. The Morgan fingerprint density at radius 2 is 1.28 bits per heavy atom. The molecule has 25 heavy (non-hydrogen) atoms. The first kappa shape index (κ1) is 17.5. The number of aromatic nitrogens is 2. The summed E-state index contributed by atoms with van der Waals surface area (Å²) in [6.07, 6.45) is 10.7. The molecule has 0 spiro atoms. The SMILES string of the molecule is CC(CCc1ccccc1)(CCc1ccccc1)CCc1ncc[nH]1. The van der Waals surface area contributed by atoms with Crippen LogP contribution in [0.1, 0.15) is 43.1 Å². The zero-order valence-electron chi connectivity index (χ0n) is 15.1. The van der Waals surface area contributed by atoms with Crippen LogP contribution in [0.4, 0.5) is 0 Å². The maximum absolute atomic E-state index is 4.40. The van der Waals surface area contributed by atoms with Crippen molar-refractivity contribution in [3.8, 4) is 0 Å². The second-order valence-electron chi connectivity index (χ2n) is 7.32. The van der Waals surface area contributed by atoms with Gasteiger partial charge >= 0.3 is 0 Å². The van der Waals surface area contributed by atoms with Crippen molar-refractivity contribution < 1.29 is 0 Å². The maximum Gasteiger partial charge on any atom is 0.106 e. The third kappa shape index (κ3) is 5.60. The molecule has 0 amide bonds. The van der Waals surface area contributed by atoms with Crippen molar-refractivity contribution in [2.45, 2.75) is 45.4 Å². The van der Waals surface area contributed by atoms with E-state index in [0.29, 0.717) is 5.41 Å². The predicted octanol–water partition coefficient (Wildman–Crippen LogP) is 5.61. The molecular formula is C23H28N2. The highest BCUT2D eigenvalue weighted by Crippen LogP contribution is 2.34. The third-order valence-electron chi connectivity index (χ3n) is 5.24. The van der Waals surface area contributed by atoms with Gasteiger partial charge in [0.15, 0.2) is 0 Å². The minimum atomic E-state index is 0.318. The molecule has 0 aliphatic rings. The Morgan fingerprint density at radius 3 is 1.76 bits per heavy atom. The van der Waals surface area contributed by atoms with Gasteiger partial charge in [-0.1, -0.05) is 67.6 Å². The summed E-state index contributed by atoms with van der Waals surface area (Å²) in [5.41, 5.74) is 3.19. The first-order chi connectivity index (χ1) is 12.2. The van der Waals surface area contributed by atoms with Gasteiger partial charge in [-0.05, 0) is 48.6 Å². The summed E-state index contributed by atoms with van der Waals surface area (Å²) < 4.78 is 0. The van der Waals surface area contributed by atoms with Gasteiger partial charge in [0.25, 0.3) is 0 Å². The molecule has 130 valence electrons. The lowest BCUT2D eigenvalue weighted by Crippen LogP contribution is -2.20. The van der Waals surface area contributed by atoms with E-state index in [1.165, 1.54) is 30.4 Å². The lowest BCUT2D eigenvalue weighted by molar-refractivity contribution is 0.248. The predicted molar refractivity (Wildman–Crippen MR) is 105 cm³/mol. The van der Waals surface area contributed by atoms with E-state index in [9.17, 15) is 0 Å². The summed E-state index contributed by atoms with van der Waals surface area (Å²) in [7, 11) is 0. The highest BCUT2D eigenvalue weighted by atomic mass is 14.9. The summed E-state index contributed by atoms with van der Waals surface area (Å²) in [4.78, 5) is 7.65. The Bertz CT molecular complexity index is 674. The molecule has 1 heterocycles. The average Bonchev–Trinajstić information content (AvgIpc) is 3.19. The van der Waals surface area contributed by atoms with Crippen molar-refractivity contribution in [2.75, 3.05) is 0 Å². The van der Waals surface area contributed by atoms with Gasteiger partial charge in [0.1, 0.15) is 5.82 Å². The van der Waals surface area contributed by atoms with Crippen LogP contribution in [0.5, 0.6) is 0 Å². The van der Waals surface area contributed by atoms with Crippen molar-refractivity contribution in [3.05, 3.63) is 90.0 Å². The fourth-order valence-electron chi connectivity index (χ4n) is 3.41. The molecule has 2 aromatic carbocycles. The largest absolute Gasteiger partial charge is 0.349 e. The fourth-order valence-corrected chi connectivity index (χ4v) is 3.41. The minimum Gasteiger partial charge on any atom is -0.349 e. The van der Waals surface area contributed by atoms with Gasteiger partial charge in [-0.25, -0.2) is 4.98 Å². The first-order valence-electron chi connectivity index (χ1n) is 9.30. The number of H-pyrrole nitrogens is 1. The molecular weight excluding hydrogens is 304 g/mol. The Kier molecular flexibility index (Phi) is 6.05. The summed E-state index contributed by atoms with van der Waals surface area (Å²) in [5.74, 6) is 1.10. The second kappa shape index (κ2) is 8.66. The standard InChI is InChI=1S/C23H28N2/c1-23(17-14-22-24-18-19-25-22,15-12-20-8-4-2-5-9-20)16-13-21-10-6-3-7-11-21/h2-11,18-19H,12-17H2,1H3,(H,24,25). The number of aryl methyl sites for hydroxylation is 3. The van der Waals surface area contributed by atoms with Crippen LogP contribution >= 0.6 is 0 Å². The van der Waals surface area contributed by atoms with E-state index in [1.807, 2.05) is 12.4 Å². The molecule has 3 rings (SSSR count). The second-order valence-corrected chi connectivity index (χ2v) is 7.32. The number of hydrogen-bond acceptors (Lipinski definition) is 1. The van der Waals surface area contributed by atoms with Gasteiger partial charge in [-0.15, -0.1) is 0 Å². The third-order valence-corrected chi connectivity index (χ3v) is 5.24. The van der Waals surface area contributed by atoms with Crippen LogP contribution < -0.4 is 0 Å². The van der Waals surface area contributed by atoms with Gasteiger partial charge in [-0.2, -0.15) is 0 Å². The number of imidazole rings is 1. The Hall–Kier alpha value is -2.35. The van der Waals surface area contributed by atoms with Crippen molar-refractivity contribution >= 4 is 0 Å². The molecule has 0 atom stereocenters. The molecule has 1 N–H and O–H groups in total. The summed E-state index contributed by atoms with van der Waals surface area (Å²) >= 11 is 0. The van der Waals surface area contributed by atoms with Crippen molar-refractivity contribution in [3.63, 3.8) is 0 Å².